The van der Waals surface area contributed by atoms with Gasteiger partial charge in [0.2, 0.25) is 5.91 Å². The fourth-order valence-electron chi connectivity index (χ4n) is 3.10. The number of rotatable bonds is 1. The van der Waals surface area contributed by atoms with Crippen LogP contribution in [-0.2, 0) is 4.79 Å². The van der Waals surface area contributed by atoms with Crippen LogP contribution in [0.25, 0.3) is 0 Å². The van der Waals surface area contributed by atoms with Crippen LogP contribution in [0.15, 0.2) is 0 Å². The Kier molecular flexibility index (Phi) is 3.85. The minimum atomic E-state index is 0.106. The molecule has 2 rings (SSSR count). The molecule has 1 aliphatic heterocycles. The van der Waals surface area contributed by atoms with Crippen LogP contribution < -0.4 is 5.73 Å². The summed E-state index contributed by atoms with van der Waals surface area (Å²) in [7, 11) is 0. The average molecular weight is 224 g/mol. The second-order valence-electron chi connectivity index (χ2n) is 5.43. The number of carbonyl (C=O) groups excluding carboxylic acids is 1. The van der Waals surface area contributed by atoms with Crippen LogP contribution in [0.2, 0.25) is 0 Å². The highest BCUT2D eigenvalue weighted by Crippen LogP contribution is 2.27. The van der Waals surface area contributed by atoms with E-state index in [1.807, 2.05) is 0 Å². The van der Waals surface area contributed by atoms with Gasteiger partial charge in [0, 0.05) is 18.6 Å². The lowest BCUT2D eigenvalue weighted by Gasteiger charge is -2.38. The van der Waals surface area contributed by atoms with Gasteiger partial charge in [0.15, 0.2) is 0 Å². The van der Waals surface area contributed by atoms with Gasteiger partial charge in [-0.1, -0.05) is 12.8 Å². The number of nitrogens with zero attached hydrogens (tertiary/aromatic N) is 1. The molecule has 3 nitrogen and oxygen atoms in total. The van der Waals surface area contributed by atoms with Crippen molar-refractivity contribution in [3.63, 3.8) is 0 Å². The molecule has 0 aromatic rings. The lowest BCUT2D eigenvalue weighted by atomic mass is 9.83. The predicted molar refractivity (Wildman–Crippen MR) is 65.0 cm³/mol. The zero-order valence-corrected chi connectivity index (χ0v) is 10.3. The standard InChI is InChI=1S/C13H24N2O/c1-10-6-4-5-9-15(10)13(16)11-7-2-3-8-12(11)14/h10-12H,2-9,14H2,1H3. The Morgan fingerprint density at radius 3 is 2.50 bits per heavy atom. The summed E-state index contributed by atoms with van der Waals surface area (Å²) in [5.41, 5.74) is 6.08. The molecule has 3 heteroatoms. The number of likely N-dealkylation sites (tertiary alicyclic amines) is 1. The number of amides is 1. The van der Waals surface area contributed by atoms with Crippen molar-refractivity contribution in [2.45, 2.75) is 64.0 Å². The van der Waals surface area contributed by atoms with Crippen molar-refractivity contribution in [2.24, 2.45) is 11.7 Å². The highest BCUT2D eigenvalue weighted by atomic mass is 16.2. The SMILES string of the molecule is CC1CCCCN1C(=O)C1CCCCC1N. The van der Waals surface area contributed by atoms with E-state index in [4.69, 9.17) is 5.73 Å². The van der Waals surface area contributed by atoms with Gasteiger partial charge in [-0.3, -0.25) is 4.79 Å². The molecule has 1 saturated carbocycles. The lowest BCUT2D eigenvalue weighted by Crippen LogP contribution is -2.50. The number of nitrogens with two attached hydrogens (primary N) is 1. The first-order chi connectivity index (χ1) is 7.70. The van der Waals surface area contributed by atoms with E-state index in [-0.39, 0.29) is 12.0 Å². The fourth-order valence-corrected chi connectivity index (χ4v) is 3.10. The molecular formula is C13H24N2O. The van der Waals surface area contributed by atoms with Crippen LogP contribution in [-0.4, -0.2) is 29.4 Å². The van der Waals surface area contributed by atoms with Gasteiger partial charge in [-0.15, -0.1) is 0 Å². The molecule has 92 valence electrons. The zero-order valence-electron chi connectivity index (χ0n) is 10.3. The smallest absolute Gasteiger partial charge is 0.227 e. The highest BCUT2D eigenvalue weighted by Gasteiger charge is 2.34. The molecule has 2 aliphatic rings. The molecule has 2 fully saturated rings. The Bertz CT molecular complexity index is 230. The quantitative estimate of drug-likeness (QED) is 0.739. The largest absolute Gasteiger partial charge is 0.340 e. The molecule has 1 saturated heterocycles. The van der Waals surface area contributed by atoms with Crippen LogP contribution in [0.4, 0.5) is 0 Å². The predicted octanol–water partition coefficient (Wildman–Crippen LogP) is 1.90. The van der Waals surface area contributed by atoms with Gasteiger partial charge in [-0.2, -0.15) is 0 Å². The van der Waals surface area contributed by atoms with E-state index in [9.17, 15) is 4.79 Å². The first-order valence-corrected chi connectivity index (χ1v) is 6.76. The minimum absolute atomic E-state index is 0.106. The molecule has 1 amide bonds. The average Bonchev–Trinajstić information content (AvgIpc) is 2.29. The number of carbonyl (C=O) groups is 1. The number of hydrogen-bond donors (Lipinski definition) is 1. The monoisotopic (exact) mass is 224 g/mol. The first kappa shape index (κ1) is 11.9. The highest BCUT2D eigenvalue weighted by molar-refractivity contribution is 5.80. The van der Waals surface area contributed by atoms with Crippen molar-refractivity contribution in [2.75, 3.05) is 6.54 Å². The minimum Gasteiger partial charge on any atom is -0.340 e. The third-order valence-corrected chi connectivity index (χ3v) is 4.22. The molecule has 0 aromatic heterocycles. The van der Waals surface area contributed by atoms with Gasteiger partial charge in [0.1, 0.15) is 0 Å². The third kappa shape index (κ3) is 2.40. The van der Waals surface area contributed by atoms with Gasteiger partial charge in [0.25, 0.3) is 0 Å². The van der Waals surface area contributed by atoms with E-state index in [1.165, 1.54) is 19.3 Å². The molecule has 0 aromatic carbocycles. The summed E-state index contributed by atoms with van der Waals surface area (Å²) in [5, 5.41) is 0. The van der Waals surface area contributed by atoms with E-state index in [0.29, 0.717) is 11.9 Å². The zero-order chi connectivity index (χ0) is 11.5. The van der Waals surface area contributed by atoms with E-state index in [2.05, 4.69) is 11.8 Å². The second-order valence-corrected chi connectivity index (χ2v) is 5.43. The van der Waals surface area contributed by atoms with Crippen LogP contribution in [0.3, 0.4) is 0 Å². The maximum atomic E-state index is 12.4. The lowest BCUT2D eigenvalue weighted by molar-refractivity contribution is -0.140. The summed E-state index contributed by atoms with van der Waals surface area (Å²) in [6, 6.07) is 0.533. The van der Waals surface area contributed by atoms with Gasteiger partial charge < -0.3 is 10.6 Å². The van der Waals surface area contributed by atoms with Crippen LogP contribution in [0.1, 0.15) is 51.9 Å². The van der Waals surface area contributed by atoms with Gasteiger partial charge in [0.05, 0.1) is 5.92 Å². The molecule has 3 unspecified atom stereocenters. The summed E-state index contributed by atoms with van der Waals surface area (Å²) >= 11 is 0. The topological polar surface area (TPSA) is 46.3 Å². The summed E-state index contributed by atoms with van der Waals surface area (Å²) in [6.45, 7) is 3.12. The Balaban J connectivity index is 1.99. The normalized spacial score (nSPS) is 36.1. The molecule has 3 atom stereocenters. The van der Waals surface area contributed by atoms with Crippen molar-refractivity contribution in [3.8, 4) is 0 Å². The second kappa shape index (κ2) is 5.17. The van der Waals surface area contributed by atoms with Crippen molar-refractivity contribution in [1.82, 2.24) is 4.90 Å². The van der Waals surface area contributed by atoms with Crippen LogP contribution >= 0.6 is 0 Å². The van der Waals surface area contributed by atoms with E-state index in [0.717, 1.165) is 32.2 Å². The summed E-state index contributed by atoms with van der Waals surface area (Å²) in [5.74, 6) is 0.439. The maximum absolute atomic E-state index is 12.4. The molecule has 1 heterocycles. The molecule has 1 aliphatic carbocycles. The van der Waals surface area contributed by atoms with E-state index >= 15 is 0 Å². The molecule has 0 radical (unpaired) electrons. The Morgan fingerprint density at radius 2 is 1.81 bits per heavy atom. The van der Waals surface area contributed by atoms with Gasteiger partial charge in [-0.25, -0.2) is 0 Å². The number of hydrogen-bond acceptors (Lipinski definition) is 2. The first-order valence-electron chi connectivity index (χ1n) is 6.76. The van der Waals surface area contributed by atoms with Gasteiger partial charge in [-0.05, 0) is 39.0 Å². The van der Waals surface area contributed by atoms with Gasteiger partial charge >= 0.3 is 0 Å². The maximum Gasteiger partial charge on any atom is 0.227 e. The van der Waals surface area contributed by atoms with Crippen molar-refractivity contribution in [1.29, 1.82) is 0 Å². The molecule has 16 heavy (non-hydrogen) atoms. The molecule has 2 N–H and O–H groups in total. The summed E-state index contributed by atoms with van der Waals surface area (Å²) in [6.07, 6.45) is 7.99. The fraction of sp³-hybridized carbons (Fsp3) is 0.923. The van der Waals surface area contributed by atoms with Crippen LogP contribution in [0, 0.1) is 5.92 Å². The van der Waals surface area contributed by atoms with Crippen molar-refractivity contribution < 1.29 is 4.79 Å². The van der Waals surface area contributed by atoms with Crippen molar-refractivity contribution >= 4 is 5.91 Å². The third-order valence-electron chi connectivity index (χ3n) is 4.22. The molecule has 0 bridgehead atoms. The molecular weight excluding hydrogens is 200 g/mol. The van der Waals surface area contributed by atoms with Crippen LogP contribution in [0.5, 0.6) is 0 Å². The van der Waals surface area contributed by atoms with Crippen molar-refractivity contribution in [3.05, 3.63) is 0 Å². The number of piperidine rings is 1. The van der Waals surface area contributed by atoms with E-state index in [1.54, 1.807) is 0 Å². The Morgan fingerprint density at radius 1 is 1.12 bits per heavy atom. The summed E-state index contributed by atoms with van der Waals surface area (Å²) in [4.78, 5) is 14.5. The Hall–Kier alpha value is -0.570. The Labute approximate surface area is 98.4 Å². The van der Waals surface area contributed by atoms with E-state index < -0.39 is 0 Å². The summed E-state index contributed by atoms with van der Waals surface area (Å²) < 4.78 is 0. The molecule has 0 spiro atoms.